The van der Waals surface area contributed by atoms with Crippen LogP contribution in [0.15, 0.2) is 76.7 Å². The predicted molar refractivity (Wildman–Crippen MR) is 112 cm³/mol. The predicted octanol–water partition coefficient (Wildman–Crippen LogP) is 5.11. The topological polar surface area (TPSA) is 56.0 Å². The molecule has 0 saturated heterocycles. The summed E-state index contributed by atoms with van der Waals surface area (Å²) in [7, 11) is 0. The Morgan fingerprint density at radius 1 is 0.857 bits per heavy atom. The first-order chi connectivity index (χ1) is 13.7. The molecule has 3 heterocycles. The number of rotatable bonds is 3. The van der Waals surface area contributed by atoms with Crippen LogP contribution in [-0.4, -0.2) is 24.8 Å². The quantitative estimate of drug-likeness (QED) is 0.433. The lowest BCUT2D eigenvalue weighted by Crippen LogP contribution is -2.02. The summed E-state index contributed by atoms with van der Waals surface area (Å²) < 4.78 is 1.89. The molecule has 0 aliphatic carbocycles. The summed E-state index contributed by atoms with van der Waals surface area (Å²) in [5.41, 5.74) is 5.45. The van der Waals surface area contributed by atoms with E-state index < -0.39 is 0 Å². The van der Waals surface area contributed by atoms with Gasteiger partial charge in [-0.2, -0.15) is 0 Å². The van der Waals surface area contributed by atoms with Crippen molar-refractivity contribution in [3.05, 3.63) is 78.0 Å². The van der Waals surface area contributed by atoms with Gasteiger partial charge in [0.1, 0.15) is 10.7 Å². The molecular weight excluding hydrogens is 366 g/mol. The van der Waals surface area contributed by atoms with E-state index in [1.807, 2.05) is 47.8 Å². The summed E-state index contributed by atoms with van der Waals surface area (Å²) in [5.74, 6) is 0. The van der Waals surface area contributed by atoms with Crippen molar-refractivity contribution in [1.29, 1.82) is 0 Å². The van der Waals surface area contributed by atoms with Crippen molar-refractivity contribution in [3.8, 4) is 11.3 Å². The third-order valence-electron chi connectivity index (χ3n) is 4.60. The van der Waals surface area contributed by atoms with Crippen LogP contribution in [0.5, 0.6) is 0 Å². The van der Waals surface area contributed by atoms with Gasteiger partial charge >= 0.3 is 0 Å². The highest BCUT2D eigenvalue weighted by Crippen LogP contribution is 2.35. The lowest BCUT2D eigenvalue weighted by molar-refractivity contribution is 0.842. The van der Waals surface area contributed by atoms with E-state index in [9.17, 15) is 0 Å². The summed E-state index contributed by atoms with van der Waals surface area (Å²) in [4.78, 5) is 5.72. The lowest BCUT2D eigenvalue weighted by atomic mass is 10.1. The summed E-state index contributed by atoms with van der Waals surface area (Å²) in [6, 6.07) is 22.4. The Hall–Kier alpha value is -3.25. The van der Waals surface area contributed by atoms with Gasteiger partial charge in [-0.05, 0) is 37.6 Å². The Balaban J connectivity index is 1.83. The molecule has 28 heavy (non-hydrogen) atoms. The van der Waals surface area contributed by atoms with Crippen molar-refractivity contribution in [1.82, 2.24) is 24.8 Å². The number of aromatic nitrogens is 5. The minimum Gasteiger partial charge on any atom is -0.232 e. The molecule has 6 heteroatoms. The number of hydrogen-bond acceptors (Lipinski definition) is 5. The highest BCUT2D eigenvalue weighted by Gasteiger charge is 2.19. The van der Waals surface area contributed by atoms with Gasteiger partial charge in [-0.1, -0.05) is 60.3 Å². The highest BCUT2D eigenvalue weighted by molar-refractivity contribution is 7.99. The van der Waals surface area contributed by atoms with Gasteiger partial charge < -0.3 is 0 Å². The minimum atomic E-state index is 0.700. The van der Waals surface area contributed by atoms with E-state index in [0.717, 1.165) is 43.5 Å². The molecule has 0 fully saturated rings. The maximum absolute atomic E-state index is 4.81. The standard InChI is InChI=1S/C22H17N5S/c1-14-13-15(2)23-20-18(14)21-24-25-22(28-17-11-7-4-8-12-17)19(27(21)26-20)16-9-5-3-6-10-16/h3-13H,1-2H3. The van der Waals surface area contributed by atoms with Crippen molar-refractivity contribution in [3.63, 3.8) is 0 Å². The van der Waals surface area contributed by atoms with Gasteiger partial charge in [0.2, 0.25) is 0 Å². The summed E-state index contributed by atoms with van der Waals surface area (Å²) in [5, 5.41) is 15.7. The molecule has 0 unspecified atom stereocenters. The van der Waals surface area contributed by atoms with Crippen molar-refractivity contribution >= 4 is 28.4 Å². The van der Waals surface area contributed by atoms with Crippen LogP contribution in [0.3, 0.4) is 0 Å². The first kappa shape index (κ1) is 16.9. The van der Waals surface area contributed by atoms with Crippen LogP contribution >= 0.6 is 11.8 Å². The molecule has 5 aromatic rings. The average Bonchev–Trinajstić information content (AvgIpc) is 3.07. The molecule has 3 aromatic heterocycles. The monoisotopic (exact) mass is 383 g/mol. The Labute approximate surface area is 166 Å². The number of aryl methyl sites for hydroxylation is 2. The molecular formula is C22H17N5S. The van der Waals surface area contributed by atoms with E-state index in [2.05, 4.69) is 52.4 Å². The first-order valence-corrected chi connectivity index (χ1v) is 9.84. The second kappa shape index (κ2) is 6.73. The molecule has 0 saturated carbocycles. The Kier molecular flexibility index (Phi) is 4.06. The van der Waals surface area contributed by atoms with Crippen molar-refractivity contribution in [2.45, 2.75) is 23.8 Å². The Morgan fingerprint density at radius 2 is 1.57 bits per heavy atom. The third kappa shape index (κ3) is 2.82. The van der Waals surface area contributed by atoms with E-state index in [-0.39, 0.29) is 0 Å². The van der Waals surface area contributed by atoms with Crippen LogP contribution in [0.2, 0.25) is 0 Å². The fourth-order valence-electron chi connectivity index (χ4n) is 3.40. The molecule has 0 atom stereocenters. The zero-order valence-electron chi connectivity index (χ0n) is 15.5. The third-order valence-corrected chi connectivity index (χ3v) is 5.58. The molecule has 0 aliphatic rings. The number of pyridine rings is 1. The molecule has 0 spiro atoms. The second-order valence-corrected chi connectivity index (χ2v) is 7.71. The fourth-order valence-corrected chi connectivity index (χ4v) is 4.30. The molecule has 0 radical (unpaired) electrons. The number of fused-ring (bicyclic) bond motifs is 3. The molecule has 5 rings (SSSR count). The van der Waals surface area contributed by atoms with Crippen LogP contribution in [0, 0.1) is 13.8 Å². The van der Waals surface area contributed by atoms with Crippen molar-refractivity contribution in [2.75, 3.05) is 0 Å². The molecule has 0 bridgehead atoms. The van der Waals surface area contributed by atoms with Crippen LogP contribution in [0.25, 0.3) is 27.9 Å². The fraction of sp³-hybridized carbons (Fsp3) is 0.0909. The molecule has 5 nitrogen and oxygen atoms in total. The Bertz CT molecular complexity index is 1300. The van der Waals surface area contributed by atoms with Gasteiger partial charge in [0.25, 0.3) is 0 Å². The average molecular weight is 383 g/mol. The second-order valence-electron chi connectivity index (χ2n) is 6.65. The van der Waals surface area contributed by atoms with Gasteiger partial charge in [0.05, 0.1) is 5.39 Å². The SMILES string of the molecule is Cc1cc(C)c2c(n1)nn1c(-c3ccccc3)c(Sc3ccccc3)nnc21. The van der Waals surface area contributed by atoms with E-state index in [4.69, 9.17) is 5.10 Å². The maximum atomic E-state index is 4.81. The summed E-state index contributed by atoms with van der Waals surface area (Å²) in [6.45, 7) is 4.05. The van der Waals surface area contributed by atoms with Crippen LogP contribution in [0.4, 0.5) is 0 Å². The van der Waals surface area contributed by atoms with Crippen molar-refractivity contribution in [2.24, 2.45) is 0 Å². The van der Waals surface area contributed by atoms with E-state index in [0.29, 0.717) is 5.65 Å². The summed E-state index contributed by atoms with van der Waals surface area (Å²) in [6.07, 6.45) is 0. The highest BCUT2D eigenvalue weighted by atomic mass is 32.2. The maximum Gasteiger partial charge on any atom is 0.187 e. The zero-order valence-corrected chi connectivity index (χ0v) is 16.3. The van der Waals surface area contributed by atoms with Crippen molar-refractivity contribution < 1.29 is 0 Å². The van der Waals surface area contributed by atoms with Crippen LogP contribution in [0.1, 0.15) is 11.3 Å². The van der Waals surface area contributed by atoms with Crippen LogP contribution < -0.4 is 0 Å². The number of nitrogens with zero attached hydrogens (tertiary/aromatic N) is 5. The molecule has 0 aliphatic heterocycles. The lowest BCUT2D eigenvalue weighted by Gasteiger charge is -2.10. The largest absolute Gasteiger partial charge is 0.232 e. The van der Waals surface area contributed by atoms with Gasteiger partial charge in [-0.3, -0.25) is 0 Å². The van der Waals surface area contributed by atoms with Gasteiger partial charge in [0, 0.05) is 16.2 Å². The first-order valence-electron chi connectivity index (χ1n) is 9.02. The smallest absolute Gasteiger partial charge is 0.187 e. The number of hydrogen-bond donors (Lipinski definition) is 0. The Morgan fingerprint density at radius 3 is 2.32 bits per heavy atom. The normalized spacial score (nSPS) is 11.4. The van der Waals surface area contributed by atoms with Gasteiger partial charge in [-0.15, -0.1) is 15.3 Å². The molecule has 0 N–H and O–H groups in total. The van der Waals surface area contributed by atoms with Crippen LogP contribution in [-0.2, 0) is 0 Å². The number of benzene rings is 2. The molecule has 0 amide bonds. The van der Waals surface area contributed by atoms with E-state index >= 15 is 0 Å². The van der Waals surface area contributed by atoms with E-state index in [1.165, 1.54) is 0 Å². The molecule has 136 valence electrons. The minimum absolute atomic E-state index is 0.700. The van der Waals surface area contributed by atoms with Gasteiger partial charge in [0.15, 0.2) is 11.3 Å². The van der Waals surface area contributed by atoms with Gasteiger partial charge in [-0.25, -0.2) is 9.50 Å². The van der Waals surface area contributed by atoms with E-state index in [1.54, 1.807) is 11.8 Å². The summed E-state index contributed by atoms with van der Waals surface area (Å²) >= 11 is 1.59. The zero-order chi connectivity index (χ0) is 19.1. The molecule has 2 aromatic carbocycles.